The molecule has 1 aromatic carbocycles. The van der Waals surface area contributed by atoms with E-state index in [0.717, 1.165) is 6.07 Å². The van der Waals surface area contributed by atoms with Crippen molar-refractivity contribution >= 4 is 29.0 Å². The van der Waals surface area contributed by atoms with Crippen molar-refractivity contribution in [1.82, 2.24) is 15.6 Å². The number of carbonyl (C=O) groups excluding carboxylic acids is 1. The Kier molecular flexibility index (Phi) is 7.89. The molecule has 1 fully saturated rings. The average Bonchev–Trinajstić information content (AvgIpc) is 2.74. The first-order chi connectivity index (χ1) is 15.9. The highest BCUT2D eigenvalue weighted by Gasteiger charge is 2.31. The third-order valence-corrected chi connectivity index (χ3v) is 5.37. The molecule has 34 heavy (non-hydrogen) atoms. The standard InChI is InChI=1S/C19H17ClF7N5O2/c20-16-13(8-28-30-17(16)31-29-15(33)7-19(25,26)27)32-3-1-9(2-4-32)10-5-11(21)12(22)6-14(10)34-18(23)24/h5-6,8-9,18H,1-4,7H2,(H,29,33)(H,30,31). The average molecular weight is 516 g/mol. The molecule has 3 rings (SSSR count). The third kappa shape index (κ3) is 6.52. The van der Waals surface area contributed by atoms with Crippen LogP contribution in [0, 0.1) is 11.6 Å². The number of rotatable bonds is 7. The molecule has 0 saturated carbocycles. The minimum absolute atomic E-state index is 0.0321. The summed E-state index contributed by atoms with van der Waals surface area (Å²) >= 11 is 6.26. The van der Waals surface area contributed by atoms with Crippen molar-refractivity contribution < 1.29 is 40.3 Å². The van der Waals surface area contributed by atoms with Gasteiger partial charge in [-0.15, -0.1) is 5.10 Å². The molecule has 1 saturated heterocycles. The monoisotopic (exact) mass is 515 g/mol. The number of nitrogens with zero attached hydrogens (tertiary/aromatic N) is 3. The van der Waals surface area contributed by atoms with Crippen molar-refractivity contribution in [3.05, 3.63) is 40.6 Å². The summed E-state index contributed by atoms with van der Waals surface area (Å²) in [6.07, 6.45) is -4.45. The lowest BCUT2D eigenvalue weighted by Gasteiger charge is -2.34. The van der Waals surface area contributed by atoms with Crippen LogP contribution in [-0.2, 0) is 4.79 Å². The zero-order chi connectivity index (χ0) is 25.0. The number of hydrazine groups is 1. The lowest BCUT2D eigenvalue weighted by molar-refractivity contribution is -0.153. The lowest BCUT2D eigenvalue weighted by atomic mass is 9.88. The molecule has 1 aliphatic heterocycles. The fourth-order valence-corrected chi connectivity index (χ4v) is 3.76. The maximum atomic E-state index is 13.8. The Morgan fingerprint density at radius 1 is 1.21 bits per heavy atom. The fraction of sp³-hybridized carbons (Fsp3) is 0.421. The summed E-state index contributed by atoms with van der Waals surface area (Å²) in [7, 11) is 0. The van der Waals surface area contributed by atoms with E-state index >= 15 is 0 Å². The highest BCUT2D eigenvalue weighted by molar-refractivity contribution is 6.35. The molecule has 0 aliphatic carbocycles. The highest BCUT2D eigenvalue weighted by atomic mass is 35.5. The van der Waals surface area contributed by atoms with E-state index in [9.17, 15) is 35.5 Å². The van der Waals surface area contributed by atoms with Crippen LogP contribution >= 0.6 is 11.6 Å². The number of carbonyl (C=O) groups is 1. The molecule has 1 aromatic heterocycles. The molecule has 2 aromatic rings. The normalized spacial score (nSPS) is 14.9. The summed E-state index contributed by atoms with van der Waals surface area (Å²) in [5, 5.41) is 7.32. The Morgan fingerprint density at radius 2 is 1.85 bits per heavy atom. The first-order valence-electron chi connectivity index (χ1n) is 9.76. The second kappa shape index (κ2) is 10.5. The van der Waals surface area contributed by atoms with Gasteiger partial charge in [0.25, 0.3) is 0 Å². The number of aromatic nitrogens is 2. The Hall–Kier alpha value is -3.03. The number of halogens is 8. The summed E-state index contributed by atoms with van der Waals surface area (Å²) in [5.74, 6) is -4.92. The van der Waals surface area contributed by atoms with Crippen molar-refractivity contribution in [2.24, 2.45) is 0 Å². The molecule has 2 N–H and O–H groups in total. The lowest BCUT2D eigenvalue weighted by Crippen LogP contribution is -2.35. The summed E-state index contributed by atoms with van der Waals surface area (Å²) in [6.45, 7) is -2.63. The Bertz CT molecular complexity index is 1030. The van der Waals surface area contributed by atoms with E-state index in [4.69, 9.17) is 11.6 Å². The molecule has 0 atom stereocenters. The maximum absolute atomic E-state index is 13.8. The molecule has 186 valence electrons. The van der Waals surface area contributed by atoms with Crippen molar-refractivity contribution in [1.29, 1.82) is 0 Å². The zero-order valence-corrected chi connectivity index (χ0v) is 17.9. The fourth-order valence-electron chi connectivity index (χ4n) is 3.51. The minimum Gasteiger partial charge on any atom is -0.434 e. The number of benzene rings is 1. The predicted molar refractivity (Wildman–Crippen MR) is 107 cm³/mol. The molecule has 1 aliphatic rings. The first kappa shape index (κ1) is 25.6. The predicted octanol–water partition coefficient (Wildman–Crippen LogP) is 4.79. The number of amides is 1. The van der Waals surface area contributed by atoms with Gasteiger partial charge >= 0.3 is 12.8 Å². The summed E-state index contributed by atoms with van der Waals surface area (Å²) < 4.78 is 93.8. The van der Waals surface area contributed by atoms with Crippen LogP contribution in [0.1, 0.15) is 30.7 Å². The number of nitrogens with one attached hydrogen (secondary N) is 2. The van der Waals surface area contributed by atoms with Crippen LogP contribution < -0.4 is 20.5 Å². The van der Waals surface area contributed by atoms with Crippen molar-refractivity contribution in [3.63, 3.8) is 0 Å². The number of alkyl halides is 5. The van der Waals surface area contributed by atoms with Crippen LogP contribution in [0.2, 0.25) is 5.02 Å². The number of hydrogen-bond acceptors (Lipinski definition) is 6. The second-order valence-electron chi connectivity index (χ2n) is 7.30. The topological polar surface area (TPSA) is 79.4 Å². The summed E-state index contributed by atoms with van der Waals surface area (Å²) in [4.78, 5) is 13.1. The van der Waals surface area contributed by atoms with E-state index in [2.05, 4.69) is 20.4 Å². The van der Waals surface area contributed by atoms with Crippen LogP contribution in [0.4, 0.5) is 42.2 Å². The van der Waals surface area contributed by atoms with E-state index in [-0.39, 0.29) is 16.4 Å². The molecule has 0 spiro atoms. The van der Waals surface area contributed by atoms with E-state index in [1.165, 1.54) is 6.20 Å². The SMILES string of the molecule is O=C(CC(F)(F)F)NNc1nncc(N2CCC(c3cc(F)c(F)cc3OC(F)F)CC2)c1Cl. The minimum atomic E-state index is -4.69. The van der Waals surface area contributed by atoms with E-state index in [0.29, 0.717) is 37.7 Å². The van der Waals surface area contributed by atoms with Gasteiger partial charge in [0.1, 0.15) is 17.2 Å². The molecule has 0 unspecified atom stereocenters. The second-order valence-corrected chi connectivity index (χ2v) is 7.68. The van der Waals surface area contributed by atoms with Gasteiger partial charge in [0, 0.05) is 24.7 Å². The van der Waals surface area contributed by atoms with Gasteiger partial charge in [-0.3, -0.25) is 15.6 Å². The highest BCUT2D eigenvalue weighted by Crippen LogP contribution is 2.39. The zero-order valence-electron chi connectivity index (χ0n) is 17.1. The number of hydrogen-bond donors (Lipinski definition) is 2. The number of anilines is 2. The van der Waals surface area contributed by atoms with Crippen LogP contribution in [0.25, 0.3) is 0 Å². The number of ether oxygens (including phenoxy) is 1. The quantitative estimate of drug-likeness (QED) is 0.408. The summed E-state index contributed by atoms with van der Waals surface area (Å²) in [5.41, 5.74) is 4.47. The maximum Gasteiger partial charge on any atom is 0.397 e. The van der Waals surface area contributed by atoms with Crippen molar-refractivity contribution in [2.45, 2.75) is 38.0 Å². The van der Waals surface area contributed by atoms with Gasteiger partial charge in [-0.25, -0.2) is 8.78 Å². The van der Waals surface area contributed by atoms with Crippen molar-refractivity contribution in [3.8, 4) is 5.75 Å². The molecular weight excluding hydrogens is 499 g/mol. The van der Waals surface area contributed by atoms with Crippen LogP contribution in [0.3, 0.4) is 0 Å². The van der Waals surface area contributed by atoms with Gasteiger partial charge in [0.15, 0.2) is 17.5 Å². The molecule has 0 bridgehead atoms. The van der Waals surface area contributed by atoms with Gasteiger partial charge in [-0.2, -0.15) is 27.1 Å². The first-order valence-corrected chi connectivity index (χ1v) is 10.1. The van der Waals surface area contributed by atoms with Gasteiger partial charge < -0.3 is 9.64 Å². The molecule has 0 radical (unpaired) electrons. The summed E-state index contributed by atoms with van der Waals surface area (Å²) in [6, 6.07) is 1.41. The Morgan fingerprint density at radius 3 is 2.47 bits per heavy atom. The molecular formula is C19H17ClF7N5O2. The van der Waals surface area contributed by atoms with E-state index in [1.54, 1.807) is 4.90 Å². The van der Waals surface area contributed by atoms with Gasteiger partial charge in [-0.05, 0) is 24.8 Å². The number of piperidine rings is 1. The van der Waals surface area contributed by atoms with Gasteiger partial charge in [0.2, 0.25) is 5.91 Å². The van der Waals surface area contributed by atoms with Gasteiger partial charge in [0.05, 0.1) is 11.9 Å². The van der Waals surface area contributed by atoms with Crippen molar-refractivity contribution in [2.75, 3.05) is 23.4 Å². The smallest absolute Gasteiger partial charge is 0.397 e. The molecule has 2 heterocycles. The van der Waals surface area contributed by atoms with Crippen LogP contribution in [-0.4, -0.2) is 42.0 Å². The van der Waals surface area contributed by atoms with Crippen LogP contribution in [0.15, 0.2) is 18.3 Å². The molecule has 7 nitrogen and oxygen atoms in total. The molecule has 1 amide bonds. The Labute approximate surface area is 193 Å². The third-order valence-electron chi connectivity index (χ3n) is 5.00. The van der Waals surface area contributed by atoms with Crippen LogP contribution in [0.5, 0.6) is 5.75 Å². The van der Waals surface area contributed by atoms with E-state index in [1.807, 2.05) is 5.43 Å². The largest absolute Gasteiger partial charge is 0.434 e. The Balaban J connectivity index is 1.69. The molecule has 15 heteroatoms. The van der Waals surface area contributed by atoms with Gasteiger partial charge in [-0.1, -0.05) is 11.6 Å². The van der Waals surface area contributed by atoms with E-state index < -0.39 is 48.4 Å².